The number of nitrogens with zero attached hydrogens (tertiary/aromatic N) is 4. The van der Waals surface area contributed by atoms with E-state index in [0.29, 0.717) is 13.1 Å². The van der Waals surface area contributed by atoms with Crippen molar-refractivity contribution >= 4 is 11.7 Å². The number of carbonyl (C=O) groups is 1. The summed E-state index contributed by atoms with van der Waals surface area (Å²) in [6.07, 6.45) is 5.70. The Morgan fingerprint density at radius 3 is 2.86 bits per heavy atom. The Balaban J connectivity index is 1.43. The second-order valence-electron chi connectivity index (χ2n) is 8.22. The molecule has 2 fully saturated rings. The number of ether oxygens (including phenoxy) is 2. The maximum atomic E-state index is 11.9. The van der Waals surface area contributed by atoms with Crippen molar-refractivity contribution < 1.29 is 14.3 Å². The zero-order valence-electron chi connectivity index (χ0n) is 16.9. The Morgan fingerprint density at radius 1 is 1.36 bits per heavy atom. The second-order valence-corrected chi connectivity index (χ2v) is 8.22. The second kappa shape index (κ2) is 7.54. The normalized spacial score (nSPS) is 21.2. The molecule has 0 saturated carbocycles. The van der Waals surface area contributed by atoms with Gasteiger partial charge in [-0.25, -0.2) is 4.68 Å². The molecule has 0 radical (unpaired) electrons. The van der Waals surface area contributed by atoms with Crippen LogP contribution in [0.1, 0.15) is 31.7 Å². The molecule has 1 unspecified atom stereocenters. The lowest BCUT2D eigenvalue weighted by molar-refractivity contribution is -0.153. The predicted molar refractivity (Wildman–Crippen MR) is 106 cm³/mol. The van der Waals surface area contributed by atoms with Crippen LogP contribution in [-0.2, 0) is 20.8 Å². The van der Waals surface area contributed by atoms with Gasteiger partial charge in [0.2, 0.25) is 0 Å². The van der Waals surface area contributed by atoms with E-state index in [1.165, 1.54) is 13.5 Å². The Kier molecular flexibility index (Phi) is 5.10. The zero-order valence-corrected chi connectivity index (χ0v) is 16.9. The molecule has 2 aliphatic rings. The Hall–Kier alpha value is -2.41. The molecule has 2 saturated heterocycles. The van der Waals surface area contributed by atoms with Crippen molar-refractivity contribution in [1.29, 1.82) is 0 Å². The average Bonchev–Trinajstić information content (AvgIpc) is 3.13. The van der Waals surface area contributed by atoms with Gasteiger partial charge < -0.3 is 14.4 Å². The number of carbonyl (C=O) groups excluding carboxylic acids is 1. The summed E-state index contributed by atoms with van der Waals surface area (Å²) in [6, 6.07) is 6.32. The minimum atomic E-state index is -0.411. The number of aryl methyl sites for hydroxylation is 1. The molecular formula is C21H28N4O3. The van der Waals surface area contributed by atoms with Crippen molar-refractivity contribution in [2.45, 2.75) is 45.8 Å². The van der Waals surface area contributed by atoms with Crippen LogP contribution in [0, 0.1) is 12.3 Å². The van der Waals surface area contributed by atoms with Crippen LogP contribution < -0.4 is 4.90 Å². The molecule has 1 atom stereocenters. The van der Waals surface area contributed by atoms with E-state index < -0.39 is 5.41 Å². The summed E-state index contributed by atoms with van der Waals surface area (Å²) in [5, 5.41) is 8.65. The standard InChI is InChI=1S/C21H28N4O3/c1-15-10-16(24-13-21(2,14-24)20(26)27-3)7-8-18(15)19-12-25(23-22-19)11-17-6-4-5-9-28-17/h7-8,10,12,17H,4-6,9,11,13-14H2,1-3H3. The number of anilines is 1. The molecule has 0 amide bonds. The van der Waals surface area contributed by atoms with E-state index in [-0.39, 0.29) is 12.1 Å². The number of hydrogen-bond acceptors (Lipinski definition) is 6. The lowest BCUT2D eigenvalue weighted by atomic mass is 9.81. The molecule has 7 nitrogen and oxygen atoms in total. The summed E-state index contributed by atoms with van der Waals surface area (Å²) in [5.41, 5.74) is 3.81. The lowest BCUT2D eigenvalue weighted by Crippen LogP contribution is -2.59. The number of methoxy groups -OCH3 is 1. The molecule has 1 aromatic heterocycles. The molecule has 0 bridgehead atoms. The molecule has 0 spiro atoms. The van der Waals surface area contributed by atoms with E-state index in [1.807, 2.05) is 17.8 Å². The van der Waals surface area contributed by atoms with Crippen molar-refractivity contribution in [3.05, 3.63) is 30.0 Å². The maximum absolute atomic E-state index is 11.9. The van der Waals surface area contributed by atoms with E-state index in [2.05, 4.69) is 40.3 Å². The highest BCUT2D eigenvalue weighted by atomic mass is 16.5. The number of esters is 1. The molecule has 2 aromatic rings. The van der Waals surface area contributed by atoms with Gasteiger partial charge in [-0.15, -0.1) is 5.10 Å². The van der Waals surface area contributed by atoms with Crippen LogP contribution in [-0.4, -0.2) is 53.9 Å². The van der Waals surface area contributed by atoms with Gasteiger partial charge in [-0.2, -0.15) is 0 Å². The first-order valence-corrected chi connectivity index (χ1v) is 9.95. The Bertz CT molecular complexity index is 851. The van der Waals surface area contributed by atoms with Gasteiger partial charge in [-0.05, 0) is 50.8 Å². The minimum absolute atomic E-state index is 0.143. The molecule has 1 aromatic carbocycles. The van der Waals surface area contributed by atoms with Crippen molar-refractivity contribution in [3.63, 3.8) is 0 Å². The highest BCUT2D eigenvalue weighted by Gasteiger charge is 2.46. The molecule has 7 heteroatoms. The smallest absolute Gasteiger partial charge is 0.315 e. The monoisotopic (exact) mass is 384 g/mol. The van der Waals surface area contributed by atoms with E-state index >= 15 is 0 Å². The van der Waals surface area contributed by atoms with Crippen LogP contribution >= 0.6 is 0 Å². The first-order valence-electron chi connectivity index (χ1n) is 9.95. The molecule has 28 heavy (non-hydrogen) atoms. The van der Waals surface area contributed by atoms with Crippen molar-refractivity contribution in [2.24, 2.45) is 5.41 Å². The van der Waals surface area contributed by atoms with E-state index in [1.54, 1.807) is 0 Å². The van der Waals surface area contributed by atoms with Gasteiger partial charge >= 0.3 is 5.97 Å². The molecule has 0 N–H and O–H groups in total. The molecule has 4 rings (SSSR count). The van der Waals surface area contributed by atoms with Gasteiger partial charge in [0.15, 0.2) is 0 Å². The van der Waals surface area contributed by atoms with Gasteiger partial charge in [0.25, 0.3) is 0 Å². The Labute approximate surface area is 165 Å². The third-order valence-corrected chi connectivity index (χ3v) is 5.81. The van der Waals surface area contributed by atoms with Crippen LogP contribution in [0.3, 0.4) is 0 Å². The van der Waals surface area contributed by atoms with Gasteiger partial charge in [0.05, 0.1) is 31.4 Å². The molecule has 2 aliphatic heterocycles. The highest BCUT2D eigenvalue weighted by molar-refractivity contribution is 5.81. The number of rotatable bonds is 5. The molecular weight excluding hydrogens is 356 g/mol. The van der Waals surface area contributed by atoms with Crippen molar-refractivity contribution in [1.82, 2.24) is 15.0 Å². The fourth-order valence-electron chi connectivity index (χ4n) is 4.16. The molecule has 0 aliphatic carbocycles. The predicted octanol–water partition coefficient (Wildman–Crippen LogP) is 2.82. The minimum Gasteiger partial charge on any atom is -0.468 e. The van der Waals surface area contributed by atoms with Crippen LogP contribution in [0.15, 0.2) is 24.4 Å². The summed E-state index contributed by atoms with van der Waals surface area (Å²) >= 11 is 0. The van der Waals surface area contributed by atoms with Gasteiger partial charge in [-0.3, -0.25) is 4.79 Å². The molecule has 150 valence electrons. The summed E-state index contributed by atoms with van der Waals surface area (Å²) in [4.78, 5) is 14.1. The number of aromatic nitrogens is 3. The van der Waals surface area contributed by atoms with Gasteiger partial charge in [-0.1, -0.05) is 11.3 Å². The van der Waals surface area contributed by atoms with Crippen LogP contribution in [0.2, 0.25) is 0 Å². The third kappa shape index (κ3) is 3.63. The van der Waals surface area contributed by atoms with E-state index in [4.69, 9.17) is 9.47 Å². The molecule has 3 heterocycles. The van der Waals surface area contributed by atoms with E-state index in [0.717, 1.165) is 48.5 Å². The first kappa shape index (κ1) is 18.9. The Morgan fingerprint density at radius 2 is 2.18 bits per heavy atom. The van der Waals surface area contributed by atoms with Gasteiger partial charge in [0, 0.05) is 30.9 Å². The average molecular weight is 384 g/mol. The zero-order chi connectivity index (χ0) is 19.7. The van der Waals surface area contributed by atoms with Crippen LogP contribution in [0.4, 0.5) is 5.69 Å². The topological polar surface area (TPSA) is 69.5 Å². The first-order chi connectivity index (χ1) is 13.5. The summed E-state index contributed by atoms with van der Waals surface area (Å²) in [6.45, 7) is 6.99. The quantitative estimate of drug-likeness (QED) is 0.739. The van der Waals surface area contributed by atoms with Crippen LogP contribution in [0.5, 0.6) is 0 Å². The number of hydrogen-bond donors (Lipinski definition) is 0. The highest BCUT2D eigenvalue weighted by Crippen LogP contribution is 2.36. The SMILES string of the molecule is COC(=O)C1(C)CN(c2ccc(-c3cn(CC4CCCCO4)nn3)c(C)c2)C1. The summed E-state index contributed by atoms with van der Waals surface area (Å²) < 4.78 is 12.6. The van der Waals surface area contributed by atoms with Crippen LogP contribution in [0.25, 0.3) is 11.3 Å². The van der Waals surface area contributed by atoms with Crippen molar-refractivity contribution in [2.75, 3.05) is 31.7 Å². The fraction of sp³-hybridized carbons (Fsp3) is 0.571. The third-order valence-electron chi connectivity index (χ3n) is 5.81. The number of benzene rings is 1. The van der Waals surface area contributed by atoms with Crippen molar-refractivity contribution in [3.8, 4) is 11.3 Å². The van der Waals surface area contributed by atoms with Gasteiger partial charge in [0.1, 0.15) is 5.69 Å². The van der Waals surface area contributed by atoms with E-state index in [9.17, 15) is 4.79 Å². The fourth-order valence-corrected chi connectivity index (χ4v) is 4.16. The summed E-state index contributed by atoms with van der Waals surface area (Å²) in [7, 11) is 1.45. The lowest BCUT2D eigenvalue weighted by Gasteiger charge is -2.47. The maximum Gasteiger partial charge on any atom is 0.315 e. The largest absolute Gasteiger partial charge is 0.468 e. The summed E-state index contributed by atoms with van der Waals surface area (Å²) in [5.74, 6) is -0.143.